The Bertz CT molecular complexity index is 883. The number of halogens is 1. The Labute approximate surface area is 132 Å². The standard InChI is InChI=1S/C12H9BrN2O2S3/c1-7-14-9-3-2-8(6-10(9)18-7)15-20(16,17)12-5-4-11(13)19-12/h2-6,15H,1H3. The molecule has 0 unspecified atom stereocenters. The number of hydrogen-bond acceptors (Lipinski definition) is 5. The fourth-order valence-corrected chi connectivity index (χ4v) is 5.68. The number of fused-ring (bicyclic) bond motifs is 1. The van der Waals surface area contributed by atoms with Crippen molar-refractivity contribution in [3.8, 4) is 0 Å². The summed E-state index contributed by atoms with van der Waals surface area (Å²) in [5.41, 5.74) is 1.43. The van der Waals surface area contributed by atoms with Crippen LogP contribution in [-0.2, 0) is 10.0 Å². The lowest BCUT2D eigenvalue weighted by Gasteiger charge is -2.05. The number of aryl methyl sites for hydroxylation is 1. The van der Waals surface area contributed by atoms with E-state index in [1.807, 2.05) is 13.0 Å². The summed E-state index contributed by atoms with van der Waals surface area (Å²) < 4.78 is 29.1. The second kappa shape index (κ2) is 5.10. The molecule has 0 saturated heterocycles. The second-order valence-corrected chi connectivity index (χ2v) is 9.69. The molecule has 3 aromatic rings. The molecule has 0 atom stereocenters. The molecule has 2 heterocycles. The Balaban J connectivity index is 1.96. The first kappa shape index (κ1) is 14.0. The molecule has 0 aliphatic rings. The highest BCUT2D eigenvalue weighted by molar-refractivity contribution is 9.11. The van der Waals surface area contributed by atoms with Crippen LogP contribution in [0.25, 0.3) is 10.2 Å². The molecule has 2 aromatic heterocycles. The molecule has 0 aliphatic carbocycles. The minimum absolute atomic E-state index is 0.282. The predicted octanol–water partition coefficient (Wildman–Crippen LogP) is 4.23. The van der Waals surface area contributed by atoms with E-state index in [1.165, 1.54) is 11.3 Å². The average Bonchev–Trinajstić information content (AvgIpc) is 2.93. The number of nitrogens with zero attached hydrogens (tertiary/aromatic N) is 1. The Morgan fingerprint density at radius 2 is 2.00 bits per heavy atom. The van der Waals surface area contributed by atoms with E-state index in [9.17, 15) is 8.42 Å². The van der Waals surface area contributed by atoms with Crippen LogP contribution in [0.1, 0.15) is 5.01 Å². The van der Waals surface area contributed by atoms with Crippen LogP contribution in [0.4, 0.5) is 5.69 Å². The van der Waals surface area contributed by atoms with Crippen LogP contribution in [0, 0.1) is 6.92 Å². The number of benzene rings is 1. The maximum absolute atomic E-state index is 12.2. The smallest absolute Gasteiger partial charge is 0.271 e. The average molecular weight is 389 g/mol. The van der Waals surface area contributed by atoms with Gasteiger partial charge in [-0.15, -0.1) is 22.7 Å². The van der Waals surface area contributed by atoms with Gasteiger partial charge in [-0.2, -0.15) is 0 Å². The first-order valence-corrected chi connectivity index (χ1v) is 9.50. The number of anilines is 1. The van der Waals surface area contributed by atoms with E-state index in [4.69, 9.17) is 0 Å². The number of aromatic nitrogens is 1. The summed E-state index contributed by atoms with van der Waals surface area (Å²) in [5, 5.41) is 0.960. The highest BCUT2D eigenvalue weighted by Gasteiger charge is 2.17. The lowest BCUT2D eigenvalue weighted by atomic mass is 10.3. The number of thiophene rings is 1. The fraction of sp³-hybridized carbons (Fsp3) is 0.0833. The number of rotatable bonds is 3. The van der Waals surface area contributed by atoms with Crippen molar-refractivity contribution in [2.75, 3.05) is 4.72 Å². The van der Waals surface area contributed by atoms with E-state index < -0.39 is 10.0 Å². The lowest BCUT2D eigenvalue weighted by Crippen LogP contribution is -2.11. The zero-order chi connectivity index (χ0) is 14.3. The van der Waals surface area contributed by atoms with E-state index in [1.54, 1.807) is 35.6 Å². The fourth-order valence-electron chi connectivity index (χ4n) is 1.75. The van der Waals surface area contributed by atoms with Crippen molar-refractivity contribution in [2.45, 2.75) is 11.1 Å². The summed E-state index contributed by atoms with van der Waals surface area (Å²) in [6.07, 6.45) is 0. The summed E-state index contributed by atoms with van der Waals surface area (Å²) in [6.45, 7) is 1.93. The molecular weight excluding hydrogens is 380 g/mol. The molecule has 0 bridgehead atoms. The predicted molar refractivity (Wildman–Crippen MR) is 87.2 cm³/mol. The quantitative estimate of drug-likeness (QED) is 0.729. The minimum Gasteiger partial charge on any atom is -0.279 e. The molecule has 20 heavy (non-hydrogen) atoms. The van der Waals surface area contributed by atoms with Gasteiger partial charge < -0.3 is 0 Å². The summed E-state index contributed by atoms with van der Waals surface area (Å²) in [6, 6.07) is 8.64. The number of sulfonamides is 1. The van der Waals surface area contributed by atoms with Gasteiger partial charge in [0.2, 0.25) is 0 Å². The van der Waals surface area contributed by atoms with Gasteiger partial charge in [-0.05, 0) is 53.2 Å². The first-order valence-electron chi connectivity index (χ1n) is 5.59. The third-order valence-electron chi connectivity index (χ3n) is 2.56. The monoisotopic (exact) mass is 388 g/mol. The van der Waals surface area contributed by atoms with Crippen molar-refractivity contribution in [1.82, 2.24) is 4.98 Å². The molecule has 1 aromatic carbocycles. The van der Waals surface area contributed by atoms with Crippen molar-refractivity contribution in [3.63, 3.8) is 0 Å². The summed E-state index contributed by atoms with van der Waals surface area (Å²) in [7, 11) is -3.53. The van der Waals surface area contributed by atoms with Crippen molar-refractivity contribution >= 4 is 64.5 Å². The molecule has 0 aliphatic heterocycles. The van der Waals surface area contributed by atoms with Crippen LogP contribution in [0.15, 0.2) is 38.3 Å². The van der Waals surface area contributed by atoms with Gasteiger partial charge in [0.05, 0.1) is 24.7 Å². The molecule has 0 radical (unpaired) electrons. The maximum atomic E-state index is 12.2. The van der Waals surface area contributed by atoms with E-state index in [-0.39, 0.29) is 4.21 Å². The van der Waals surface area contributed by atoms with Crippen molar-refractivity contribution in [1.29, 1.82) is 0 Å². The van der Waals surface area contributed by atoms with E-state index in [2.05, 4.69) is 25.6 Å². The molecule has 104 valence electrons. The highest BCUT2D eigenvalue weighted by atomic mass is 79.9. The van der Waals surface area contributed by atoms with Crippen LogP contribution in [-0.4, -0.2) is 13.4 Å². The van der Waals surface area contributed by atoms with Gasteiger partial charge in [0, 0.05) is 0 Å². The zero-order valence-electron chi connectivity index (χ0n) is 10.3. The van der Waals surface area contributed by atoms with Crippen LogP contribution >= 0.6 is 38.6 Å². The van der Waals surface area contributed by atoms with Gasteiger partial charge >= 0.3 is 0 Å². The normalized spacial score (nSPS) is 11.9. The third-order valence-corrected chi connectivity index (χ3v) is 6.99. The molecule has 0 saturated carbocycles. The zero-order valence-corrected chi connectivity index (χ0v) is 14.3. The number of thiazole rings is 1. The van der Waals surface area contributed by atoms with E-state index in [0.717, 1.165) is 19.0 Å². The van der Waals surface area contributed by atoms with Crippen LogP contribution in [0.5, 0.6) is 0 Å². The van der Waals surface area contributed by atoms with Crippen molar-refractivity contribution in [2.24, 2.45) is 0 Å². The van der Waals surface area contributed by atoms with Crippen LogP contribution in [0.3, 0.4) is 0 Å². The Morgan fingerprint density at radius 3 is 2.70 bits per heavy atom. The molecular formula is C12H9BrN2O2S3. The van der Waals surface area contributed by atoms with Crippen LogP contribution < -0.4 is 4.72 Å². The molecule has 0 fully saturated rings. The minimum atomic E-state index is -3.53. The molecule has 3 rings (SSSR count). The Kier molecular flexibility index (Phi) is 3.57. The highest BCUT2D eigenvalue weighted by Crippen LogP contribution is 2.29. The van der Waals surface area contributed by atoms with Crippen molar-refractivity contribution < 1.29 is 8.42 Å². The van der Waals surface area contributed by atoms with Crippen molar-refractivity contribution in [3.05, 3.63) is 39.1 Å². The number of nitrogens with one attached hydrogen (secondary N) is 1. The Morgan fingerprint density at radius 1 is 1.20 bits per heavy atom. The van der Waals surface area contributed by atoms with Gasteiger partial charge in [-0.1, -0.05) is 0 Å². The lowest BCUT2D eigenvalue weighted by molar-refractivity contribution is 0.603. The van der Waals surface area contributed by atoms with Gasteiger partial charge in [-0.3, -0.25) is 4.72 Å². The van der Waals surface area contributed by atoms with Gasteiger partial charge in [0.15, 0.2) is 0 Å². The summed E-state index contributed by atoms with van der Waals surface area (Å²) in [5.74, 6) is 0. The molecule has 0 spiro atoms. The molecule has 4 nitrogen and oxygen atoms in total. The maximum Gasteiger partial charge on any atom is 0.271 e. The third kappa shape index (κ3) is 2.73. The summed E-state index contributed by atoms with van der Waals surface area (Å²) in [4.78, 5) is 4.35. The molecule has 1 N–H and O–H groups in total. The van der Waals surface area contributed by atoms with Gasteiger partial charge in [0.1, 0.15) is 4.21 Å². The Hall–Kier alpha value is -0.960. The molecule has 8 heteroatoms. The first-order chi connectivity index (χ1) is 9.44. The largest absolute Gasteiger partial charge is 0.279 e. The second-order valence-electron chi connectivity index (χ2n) is 4.08. The topological polar surface area (TPSA) is 59.1 Å². The van der Waals surface area contributed by atoms with E-state index in [0.29, 0.717) is 5.69 Å². The SMILES string of the molecule is Cc1nc2ccc(NS(=O)(=O)c3ccc(Br)s3)cc2s1. The van der Waals surface area contributed by atoms with E-state index >= 15 is 0 Å². The number of hydrogen-bond donors (Lipinski definition) is 1. The molecule has 0 amide bonds. The summed E-state index contributed by atoms with van der Waals surface area (Å²) >= 11 is 5.98. The van der Waals surface area contributed by atoms with Gasteiger partial charge in [-0.25, -0.2) is 13.4 Å². The van der Waals surface area contributed by atoms with Gasteiger partial charge in [0.25, 0.3) is 10.0 Å². The van der Waals surface area contributed by atoms with Crippen LogP contribution in [0.2, 0.25) is 0 Å².